The van der Waals surface area contributed by atoms with E-state index in [4.69, 9.17) is 5.73 Å². The van der Waals surface area contributed by atoms with Crippen LogP contribution < -0.4 is 11.1 Å². The molecule has 3 rings (SSSR count). The first-order chi connectivity index (χ1) is 13.5. The summed E-state index contributed by atoms with van der Waals surface area (Å²) in [5, 5.41) is 3.42. The number of benzene rings is 1. The fraction of sp³-hybridized carbons (Fsp3) is 0.571. The highest BCUT2D eigenvalue weighted by Crippen LogP contribution is 2.19. The number of halogens is 1. The number of aliphatic imine (C=N–C) groups is 1. The fourth-order valence-corrected chi connectivity index (χ4v) is 4.08. The molecule has 0 radical (unpaired) electrons. The Labute approximate surface area is 190 Å². The largest absolute Gasteiger partial charge is 0.370 e. The molecule has 2 amide bonds. The maximum Gasteiger partial charge on any atom is 0.222 e. The molecular formula is C21H32IN5O2. The summed E-state index contributed by atoms with van der Waals surface area (Å²) < 4.78 is 0. The van der Waals surface area contributed by atoms with Crippen molar-refractivity contribution in [2.75, 3.05) is 26.7 Å². The second-order valence-electron chi connectivity index (χ2n) is 7.76. The Kier molecular flexibility index (Phi) is 9.19. The van der Waals surface area contributed by atoms with E-state index >= 15 is 0 Å². The van der Waals surface area contributed by atoms with Crippen molar-refractivity contribution in [3.63, 3.8) is 0 Å². The molecule has 8 heteroatoms. The van der Waals surface area contributed by atoms with Gasteiger partial charge in [0.1, 0.15) is 0 Å². The minimum Gasteiger partial charge on any atom is -0.370 e. The molecule has 2 aliphatic heterocycles. The lowest BCUT2D eigenvalue weighted by atomic mass is 9.95. The van der Waals surface area contributed by atoms with Crippen molar-refractivity contribution in [3.8, 4) is 0 Å². The van der Waals surface area contributed by atoms with Crippen molar-refractivity contribution in [1.29, 1.82) is 0 Å². The molecule has 0 aromatic heterocycles. The summed E-state index contributed by atoms with van der Waals surface area (Å²) in [5.41, 5.74) is 7.69. The van der Waals surface area contributed by atoms with E-state index < -0.39 is 0 Å². The summed E-state index contributed by atoms with van der Waals surface area (Å²) in [7, 11) is 1.79. The van der Waals surface area contributed by atoms with Gasteiger partial charge in [-0.1, -0.05) is 24.3 Å². The maximum atomic E-state index is 11.8. The Hall–Kier alpha value is -1.84. The van der Waals surface area contributed by atoms with Crippen LogP contribution in [-0.2, 0) is 22.7 Å². The molecule has 2 aliphatic rings. The van der Waals surface area contributed by atoms with E-state index in [1.807, 2.05) is 4.90 Å². The molecule has 0 aliphatic carbocycles. The van der Waals surface area contributed by atoms with Crippen molar-refractivity contribution in [2.24, 2.45) is 16.6 Å². The number of rotatable bonds is 6. The van der Waals surface area contributed by atoms with Crippen LogP contribution in [0.2, 0.25) is 0 Å². The molecule has 0 spiro atoms. The van der Waals surface area contributed by atoms with Gasteiger partial charge in [-0.25, -0.2) is 0 Å². The molecule has 1 aromatic carbocycles. The van der Waals surface area contributed by atoms with E-state index in [0.717, 1.165) is 50.4 Å². The van der Waals surface area contributed by atoms with Crippen LogP contribution in [0.15, 0.2) is 29.3 Å². The lowest BCUT2D eigenvalue weighted by Gasteiger charge is -2.34. The third-order valence-electron chi connectivity index (χ3n) is 5.54. The molecule has 3 N–H and O–H groups in total. The van der Waals surface area contributed by atoms with Gasteiger partial charge in [-0.3, -0.25) is 14.6 Å². The summed E-state index contributed by atoms with van der Waals surface area (Å²) >= 11 is 0. The zero-order valence-electron chi connectivity index (χ0n) is 17.1. The van der Waals surface area contributed by atoms with E-state index in [-0.39, 0.29) is 35.8 Å². The fourth-order valence-electron chi connectivity index (χ4n) is 4.08. The van der Waals surface area contributed by atoms with Crippen molar-refractivity contribution in [3.05, 3.63) is 35.4 Å². The minimum atomic E-state index is -0.231. The van der Waals surface area contributed by atoms with E-state index in [1.54, 1.807) is 7.05 Å². The number of hydrogen-bond acceptors (Lipinski definition) is 3. The Morgan fingerprint density at radius 3 is 2.55 bits per heavy atom. The number of likely N-dealkylation sites (tertiary alicyclic amines) is 2. The average Bonchev–Trinajstić information content (AvgIpc) is 3.08. The zero-order chi connectivity index (χ0) is 19.9. The van der Waals surface area contributed by atoms with Gasteiger partial charge in [-0.05, 0) is 36.3 Å². The third-order valence-corrected chi connectivity index (χ3v) is 5.54. The first-order valence-corrected chi connectivity index (χ1v) is 10.1. The summed E-state index contributed by atoms with van der Waals surface area (Å²) in [6.45, 7) is 4.00. The van der Waals surface area contributed by atoms with Crippen LogP contribution in [-0.4, -0.2) is 54.3 Å². The van der Waals surface area contributed by atoms with Gasteiger partial charge in [0.15, 0.2) is 5.96 Å². The highest BCUT2D eigenvalue weighted by Gasteiger charge is 2.23. The molecule has 29 heavy (non-hydrogen) atoms. The van der Waals surface area contributed by atoms with E-state index in [1.165, 1.54) is 5.56 Å². The van der Waals surface area contributed by atoms with Crippen LogP contribution in [0.3, 0.4) is 0 Å². The normalized spacial score (nSPS) is 19.8. The number of piperidine rings is 1. The topological polar surface area (TPSA) is 91.0 Å². The number of carbonyl (C=O) groups excluding carboxylic acids is 2. The summed E-state index contributed by atoms with van der Waals surface area (Å²) in [5.74, 6) is 1.19. The predicted octanol–water partition coefficient (Wildman–Crippen LogP) is 2.09. The highest BCUT2D eigenvalue weighted by atomic mass is 127. The summed E-state index contributed by atoms with van der Waals surface area (Å²) in [4.78, 5) is 31.5. The quantitative estimate of drug-likeness (QED) is 0.346. The number of guanidine groups is 1. The van der Waals surface area contributed by atoms with Crippen LogP contribution in [0.25, 0.3) is 0 Å². The second-order valence-corrected chi connectivity index (χ2v) is 7.76. The zero-order valence-corrected chi connectivity index (χ0v) is 19.4. The number of nitrogens with two attached hydrogens (primary N) is 1. The number of hydrogen-bond donors (Lipinski definition) is 2. The molecule has 160 valence electrons. The van der Waals surface area contributed by atoms with Crippen LogP contribution in [0.5, 0.6) is 0 Å². The lowest BCUT2D eigenvalue weighted by Crippen LogP contribution is -2.46. The van der Waals surface area contributed by atoms with E-state index in [9.17, 15) is 9.59 Å². The lowest BCUT2D eigenvalue weighted by molar-refractivity contribution is -0.128. The molecule has 1 aromatic rings. The summed E-state index contributed by atoms with van der Waals surface area (Å²) in [6.07, 6.45) is 4.17. The maximum absolute atomic E-state index is 11.8. The Morgan fingerprint density at radius 2 is 1.93 bits per heavy atom. The van der Waals surface area contributed by atoms with Crippen molar-refractivity contribution < 1.29 is 9.59 Å². The first kappa shape index (κ1) is 23.4. The summed E-state index contributed by atoms with van der Waals surface area (Å²) in [6, 6.07) is 8.38. The van der Waals surface area contributed by atoms with Crippen molar-refractivity contribution in [1.82, 2.24) is 15.1 Å². The molecular weight excluding hydrogens is 481 g/mol. The SMILES string of the molecule is CN=C(NCc1ccc(CN2CCCC2=O)cc1)N1CCCC(CC(N)=O)C1.I. The molecule has 0 saturated carbocycles. The van der Waals surface area contributed by atoms with E-state index in [2.05, 4.69) is 39.5 Å². The van der Waals surface area contributed by atoms with Gasteiger partial charge in [0.25, 0.3) is 0 Å². The molecule has 2 saturated heterocycles. The standard InChI is InChI=1S/C21H31N5O2.HI/c1-23-21(26-11-2-4-18(15-26)12-19(22)27)24-13-16-6-8-17(9-7-16)14-25-10-3-5-20(25)28;/h6-9,18H,2-5,10-15H2,1H3,(H2,22,27)(H,23,24);1H. The van der Waals surface area contributed by atoms with Gasteiger partial charge >= 0.3 is 0 Å². The Balaban J connectivity index is 0.00000300. The van der Waals surface area contributed by atoms with E-state index in [0.29, 0.717) is 31.8 Å². The number of amides is 2. The third kappa shape index (κ3) is 6.87. The minimum absolute atomic E-state index is 0. The number of carbonyl (C=O) groups is 2. The van der Waals surface area contributed by atoms with Gasteiger partial charge in [-0.2, -0.15) is 0 Å². The van der Waals surface area contributed by atoms with Crippen molar-refractivity contribution in [2.45, 2.75) is 45.2 Å². The highest BCUT2D eigenvalue weighted by molar-refractivity contribution is 14.0. The molecule has 2 fully saturated rings. The number of primary amides is 1. The average molecular weight is 513 g/mol. The predicted molar refractivity (Wildman–Crippen MR) is 125 cm³/mol. The Bertz CT molecular complexity index is 722. The Morgan fingerprint density at radius 1 is 1.21 bits per heavy atom. The monoisotopic (exact) mass is 513 g/mol. The van der Waals surface area contributed by atoms with Gasteiger partial charge < -0.3 is 20.9 Å². The smallest absolute Gasteiger partial charge is 0.222 e. The van der Waals surface area contributed by atoms with Gasteiger partial charge in [0.05, 0.1) is 0 Å². The number of nitrogens with one attached hydrogen (secondary N) is 1. The first-order valence-electron chi connectivity index (χ1n) is 10.1. The van der Waals surface area contributed by atoms with Gasteiger partial charge in [-0.15, -0.1) is 24.0 Å². The van der Waals surface area contributed by atoms with Crippen LogP contribution in [0.1, 0.15) is 43.2 Å². The van der Waals surface area contributed by atoms with Gasteiger partial charge in [0, 0.05) is 52.6 Å². The van der Waals surface area contributed by atoms with Crippen LogP contribution >= 0.6 is 24.0 Å². The molecule has 7 nitrogen and oxygen atoms in total. The molecule has 0 bridgehead atoms. The van der Waals surface area contributed by atoms with Crippen molar-refractivity contribution >= 4 is 41.8 Å². The number of nitrogens with zero attached hydrogens (tertiary/aromatic N) is 3. The second kappa shape index (κ2) is 11.4. The van der Waals surface area contributed by atoms with Gasteiger partial charge in [0.2, 0.25) is 11.8 Å². The molecule has 1 atom stereocenters. The van der Waals surface area contributed by atoms with Crippen LogP contribution in [0.4, 0.5) is 0 Å². The van der Waals surface area contributed by atoms with Crippen LogP contribution in [0, 0.1) is 5.92 Å². The molecule has 1 unspecified atom stereocenters. The molecule has 2 heterocycles.